The number of hydrogen-bond donors (Lipinski definition) is 1. The van der Waals surface area contributed by atoms with Gasteiger partial charge < -0.3 is 10.0 Å². The van der Waals surface area contributed by atoms with Crippen LogP contribution in [0.3, 0.4) is 0 Å². The van der Waals surface area contributed by atoms with E-state index in [2.05, 4.69) is 13.8 Å². The Bertz CT molecular complexity index is 549. The third-order valence-electron chi connectivity index (χ3n) is 4.84. The minimum Gasteiger partial charge on any atom is -0.384 e. The van der Waals surface area contributed by atoms with Gasteiger partial charge in [0.05, 0.1) is 5.92 Å². The fourth-order valence-electron chi connectivity index (χ4n) is 3.16. The quantitative estimate of drug-likeness (QED) is 0.890. The van der Waals surface area contributed by atoms with Crippen molar-refractivity contribution < 1.29 is 18.7 Å². The standard InChI is InChI=1S/C19H27F2NO2/c1-13(2)12-15-4-6-16(7-5-15)14(3)17(23)22-10-8-19(24,9-11-22)18(20)21/h4-7,13-14,18,24H,8-12H2,1-3H3/t14-/m0/s1. The van der Waals surface area contributed by atoms with Crippen LogP contribution in [0.1, 0.15) is 50.7 Å². The van der Waals surface area contributed by atoms with E-state index in [1.807, 2.05) is 31.2 Å². The molecule has 0 aromatic heterocycles. The number of hydrogen-bond acceptors (Lipinski definition) is 2. The molecule has 0 saturated carbocycles. The molecule has 134 valence electrons. The lowest BCUT2D eigenvalue weighted by Gasteiger charge is -2.38. The molecule has 1 N–H and O–H groups in total. The van der Waals surface area contributed by atoms with Gasteiger partial charge in [0.1, 0.15) is 5.60 Å². The summed E-state index contributed by atoms with van der Waals surface area (Å²) in [6, 6.07) is 8.04. The van der Waals surface area contributed by atoms with Gasteiger partial charge in [-0.25, -0.2) is 8.78 Å². The van der Waals surface area contributed by atoms with Crippen molar-refractivity contribution in [1.29, 1.82) is 0 Å². The molecule has 24 heavy (non-hydrogen) atoms. The second kappa shape index (κ2) is 7.60. The maximum atomic E-state index is 12.8. The molecule has 1 aromatic rings. The van der Waals surface area contributed by atoms with Gasteiger partial charge in [-0.05, 0) is 43.2 Å². The highest BCUT2D eigenvalue weighted by Crippen LogP contribution is 2.30. The summed E-state index contributed by atoms with van der Waals surface area (Å²) in [4.78, 5) is 14.2. The van der Waals surface area contributed by atoms with Crippen LogP contribution in [0.25, 0.3) is 0 Å². The van der Waals surface area contributed by atoms with Gasteiger partial charge in [0.2, 0.25) is 5.91 Å². The Labute approximate surface area is 142 Å². The number of halogens is 2. The number of piperidine rings is 1. The smallest absolute Gasteiger partial charge is 0.266 e. The predicted octanol–water partition coefficient (Wildman–Crippen LogP) is 3.61. The van der Waals surface area contributed by atoms with Gasteiger partial charge in [-0.3, -0.25) is 4.79 Å². The number of carbonyl (C=O) groups excluding carboxylic acids is 1. The summed E-state index contributed by atoms with van der Waals surface area (Å²) in [7, 11) is 0. The van der Waals surface area contributed by atoms with Crippen molar-refractivity contribution in [3.8, 4) is 0 Å². The van der Waals surface area contributed by atoms with E-state index < -0.39 is 12.0 Å². The molecule has 1 atom stereocenters. The highest BCUT2D eigenvalue weighted by Gasteiger charge is 2.42. The number of alkyl halides is 2. The van der Waals surface area contributed by atoms with Crippen LogP contribution in [0.4, 0.5) is 8.78 Å². The Morgan fingerprint density at radius 3 is 2.17 bits per heavy atom. The van der Waals surface area contributed by atoms with Gasteiger partial charge in [0, 0.05) is 13.1 Å². The second-order valence-corrected chi connectivity index (χ2v) is 7.29. The molecular formula is C19H27F2NO2. The first-order valence-electron chi connectivity index (χ1n) is 8.61. The summed E-state index contributed by atoms with van der Waals surface area (Å²) in [6.07, 6.45) is -1.91. The number of nitrogens with zero attached hydrogens (tertiary/aromatic N) is 1. The summed E-state index contributed by atoms with van der Waals surface area (Å²) < 4.78 is 25.7. The van der Waals surface area contributed by atoms with Crippen molar-refractivity contribution in [3.05, 3.63) is 35.4 Å². The highest BCUT2D eigenvalue weighted by atomic mass is 19.3. The molecule has 0 radical (unpaired) electrons. The summed E-state index contributed by atoms with van der Waals surface area (Å²) in [5.74, 6) is 0.204. The fraction of sp³-hybridized carbons (Fsp3) is 0.632. The normalized spacial score (nSPS) is 18.9. The SMILES string of the molecule is CC(C)Cc1ccc([C@H](C)C(=O)N2CCC(O)(C(F)F)CC2)cc1. The monoisotopic (exact) mass is 339 g/mol. The first-order valence-corrected chi connectivity index (χ1v) is 8.61. The number of amides is 1. The Balaban J connectivity index is 1.97. The minimum absolute atomic E-state index is 0.0667. The lowest BCUT2D eigenvalue weighted by molar-refractivity contribution is -0.148. The first kappa shape index (κ1) is 18.8. The largest absolute Gasteiger partial charge is 0.384 e. The van der Waals surface area contributed by atoms with Crippen molar-refractivity contribution in [3.63, 3.8) is 0 Å². The van der Waals surface area contributed by atoms with E-state index in [9.17, 15) is 18.7 Å². The van der Waals surface area contributed by atoms with Gasteiger partial charge in [0.15, 0.2) is 0 Å². The lowest BCUT2D eigenvalue weighted by atomic mass is 9.90. The summed E-state index contributed by atoms with van der Waals surface area (Å²) in [5.41, 5.74) is 0.231. The zero-order valence-electron chi connectivity index (χ0n) is 14.6. The Morgan fingerprint density at radius 1 is 1.17 bits per heavy atom. The van der Waals surface area contributed by atoms with Gasteiger partial charge in [-0.15, -0.1) is 0 Å². The van der Waals surface area contributed by atoms with Crippen molar-refractivity contribution in [2.75, 3.05) is 13.1 Å². The molecule has 1 amide bonds. The van der Waals surface area contributed by atoms with Gasteiger partial charge in [-0.2, -0.15) is 0 Å². The predicted molar refractivity (Wildman–Crippen MR) is 90.2 cm³/mol. The molecule has 0 bridgehead atoms. The molecule has 1 aliphatic heterocycles. The van der Waals surface area contributed by atoms with Crippen LogP contribution in [0, 0.1) is 5.92 Å². The van der Waals surface area contributed by atoms with Crippen LogP contribution in [-0.4, -0.2) is 41.0 Å². The topological polar surface area (TPSA) is 40.5 Å². The zero-order chi connectivity index (χ0) is 17.9. The number of carbonyl (C=O) groups is 1. The van der Waals surface area contributed by atoms with E-state index in [4.69, 9.17) is 0 Å². The Morgan fingerprint density at radius 2 is 1.71 bits per heavy atom. The molecule has 1 fully saturated rings. The first-order chi connectivity index (χ1) is 11.2. The summed E-state index contributed by atoms with van der Waals surface area (Å²) >= 11 is 0. The summed E-state index contributed by atoms with van der Waals surface area (Å²) in [6.45, 7) is 6.52. The van der Waals surface area contributed by atoms with E-state index in [1.165, 1.54) is 5.56 Å². The lowest BCUT2D eigenvalue weighted by Crippen LogP contribution is -2.51. The van der Waals surface area contributed by atoms with Crippen LogP contribution >= 0.6 is 0 Å². The van der Waals surface area contributed by atoms with Crippen LogP contribution in [0.2, 0.25) is 0 Å². The third-order valence-corrected chi connectivity index (χ3v) is 4.84. The van der Waals surface area contributed by atoms with Crippen molar-refractivity contribution in [1.82, 2.24) is 4.90 Å². The molecule has 3 nitrogen and oxygen atoms in total. The molecule has 2 rings (SSSR count). The van der Waals surface area contributed by atoms with Crippen molar-refractivity contribution >= 4 is 5.91 Å². The number of benzene rings is 1. The van der Waals surface area contributed by atoms with Crippen LogP contribution in [0.5, 0.6) is 0 Å². The Hall–Kier alpha value is -1.49. The molecule has 0 spiro atoms. The zero-order valence-corrected chi connectivity index (χ0v) is 14.6. The number of aliphatic hydroxyl groups is 1. The van der Waals surface area contributed by atoms with Gasteiger partial charge in [-0.1, -0.05) is 38.1 Å². The molecule has 0 aliphatic carbocycles. The minimum atomic E-state index is -2.76. The van der Waals surface area contributed by atoms with Crippen LogP contribution in [-0.2, 0) is 11.2 Å². The maximum Gasteiger partial charge on any atom is 0.266 e. The average Bonchev–Trinajstić information content (AvgIpc) is 2.54. The fourth-order valence-corrected chi connectivity index (χ4v) is 3.16. The molecule has 1 saturated heterocycles. The highest BCUT2D eigenvalue weighted by molar-refractivity contribution is 5.83. The average molecular weight is 339 g/mol. The summed E-state index contributed by atoms with van der Waals surface area (Å²) in [5, 5.41) is 9.82. The molecular weight excluding hydrogens is 312 g/mol. The molecule has 1 heterocycles. The van der Waals surface area contributed by atoms with Crippen molar-refractivity contribution in [2.24, 2.45) is 5.92 Å². The maximum absolute atomic E-state index is 12.8. The van der Waals surface area contributed by atoms with Gasteiger partial charge >= 0.3 is 0 Å². The number of likely N-dealkylation sites (tertiary alicyclic amines) is 1. The third kappa shape index (κ3) is 4.32. The number of rotatable bonds is 5. The van der Waals surface area contributed by atoms with E-state index in [0.29, 0.717) is 5.92 Å². The van der Waals surface area contributed by atoms with E-state index in [0.717, 1.165) is 12.0 Å². The van der Waals surface area contributed by atoms with E-state index in [-0.39, 0.29) is 37.8 Å². The van der Waals surface area contributed by atoms with E-state index >= 15 is 0 Å². The molecule has 1 aliphatic rings. The van der Waals surface area contributed by atoms with Crippen LogP contribution < -0.4 is 0 Å². The van der Waals surface area contributed by atoms with Gasteiger partial charge in [0.25, 0.3) is 6.43 Å². The van der Waals surface area contributed by atoms with E-state index in [1.54, 1.807) is 4.90 Å². The molecule has 0 unspecified atom stereocenters. The molecule has 1 aromatic carbocycles. The molecule has 5 heteroatoms. The second-order valence-electron chi connectivity index (χ2n) is 7.29. The van der Waals surface area contributed by atoms with Crippen molar-refractivity contribution in [2.45, 2.75) is 58.0 Å². The Kier molecular flexibility index (Phi) is 5.97. The van der Waals surface area contributed by atoms with Crippen LogP contribution in [0.15, 0.2) is 24.3 Å².